The molecule has 0 bridgehead atoms. The number of allylic oxidation sites excluding steroid dienone is 4. The third-order valence-corrected chi connectivity index (χ3v) is 23.4. The second kappa shape index (κ2) is 20.2. The van der Waals surface area contributed by atoms with Crippen LogP contribution in [-0.4, -0.2) is 93.4 Å². The van der Waals surface area contributed by atoms with E-state index in [1.807, 2.05) is 36.4 Å². The number of thiol groups is 1. The van der Waals surface area contributed by atoms with Crippen LogP contribution in [0.4, 0.5) is 22.7 Å². The molecular formula is C68H48N8O4S2Se2. The molecule has 5 aliphatic rings. The number of hydrogen-bond donors (Lipinski definition) is 4. The second-order valence-corrected chi connectivity index (χ2v) is 27.5. The van der Waals surface area contributed by atoms with Gasteiger partial charge in [-0.3, -0.25) is 0 Å². The first-order valence-electron chi connectivity index (χ1n) is 28.1. The summed E-state index contributed by atoms with van der Waals surface area (Å²) in [5.74, 6) is -1.42. The minimum absolute atomic E-state index is 0.166. The van der Waals surface area contributed by atoms with Crippen LogP contribution in [0.25, 0.3) is 85.1 Å². The number of nitrogens with one attached hydrogen (secondary N) is 1. The van der Waals surface area contributed by atoms with Crippen LogP contribution in [0.2, 0.25) is 0 Å². The maximum absolute atomic E-state index is 13.0. The molecule has 2 fully saturated rings. The topological polar surface area (TPSA) is 169 Å². The first kappa shape index (κ1) is 51.3. The van der Waals surface area contributed by atoms with Crippen LogP contribution in [0.15, 0.2) is 174 Å². The molecule has 3 aliphatic carbocycles. The molecule has 4 unspecified atom stereocenters. The van der Waals surface area contributed by atoms with E-state index in [2.05, 4.69) is 148 Å². The molecule has 7 heterocycles. The fourth-order valence-corrected chi connectivity index (χ4v) is 19.4. The van der Waals surface area contributed by atoms with Crippen molar-refractivity contribution in [2.24, 2.45) is 4.40 Å². The third kappa shape index (κ3) is 8.14. The Kier molecular flexibility index (Phi) is 12.3. The minimum atomic E-state index is -1.21. The standard InChI is InChI=1S/C68H48N8O4S2Se2/c69-61-39(35-17-19-43-41-13-7-15-53(41)75(55(43)31-35)37-9-3-1-4-10-37)21-25-47(62(61)72-81)57-27-29-59(83-57)49-33-51(67(77)78)70-63-45(49)23-24-46-50(34-52(68(79)80)71-64(46)63)60-30-28-58(84-60)48-26-22-40(65-66(48)74-82-73-65)36-18-20-44-42-14-8-16-54(42)76(56(44)32-36)38-11-5-2-6-12-38/h1-6,9-12,17-34,41-42,53-54,69,81H,7-8,13-16H2,(H,77,78)(H,79,80)/b69-61?,72-62-. The molecule has 2 saturated carbocycles. The van der Waals surface area contributed by atoms with Gasteiger partial charge in [-0.1, -0.05) is 12.1 Å². The fraction of sp³-hybridized carbons (Fsp3) is 0.147. The van der Waals surface area contributed by atoms with Gasteiger partial charge in [0, 0.05) is 0 Å². The van der Waals surface area contributed by atoms with E-state index in [1.54, 1.807) is 12.1 Å². The molecule has 4 atom stereocenters. The van der Waals surface area contributed by atoms with Crippen molar-refractivity contribution in [2.45, 2.75) is 62.4 Å². The Balaban J connectivity index is 0.742. The first-order valence-corrected chi connectivity index (χ1v) is 32.7. The van der Waals surface area contributed by atoms with Crippen LogP contribution < -0.4 is 9.80 Å². The van der Waals surface area contributed by atoms with Crippen LogP contribution in [0.3, 0.4) is 0 Å². The van der Waals surface area contributed by atoms with Crippen LogP contribution in [0.1, 0.15) is 92.5 Å². The van der Waals surface area contributed by atoms with Crippen molar-refractivity contribution in [3.05, 3.63) is 202 Å². The van der Waals surface area contributed by atoms with E-state index in [1.165, 1.54) is 77.7 Å². The van der Waals surface area contributed by atoms with Gasteiger partial charge in [-0.25, -0.2) is 0 Å². The van der Waals surface area contributed by atoms with E-state index in [-0.39, 0.29) is 46.1 Å². The number of fused-ring (bicyclic) bond motifs is 10. The Morgan fingerprint density at radius 3 is 1.58 bits per heavy atom. The normalized spacial score (nSPS) is 19.3. The fourth-order valence-electron chi connectivity index (χ4n) is 14.2. The summed E-state index contributed by atoms with van der Waals surface area (Å²) in [5, 5.41) is 32.1. The number of pyridine rings is 2. The molecule has 12 nitrogen and oxygen atoms in total. The number of rotatable bonds is 10. The molecule has 0 spiro atoms. The SMILES string of the molecule is N=C1C(c2ccc3c(c2)N(c2ccccc2)C2CCCC32)=CC=C(c2ccc(-c3cc(C(=O)O)nc4c3ccc3c(-c5ccc(-c6ccc(-c7ccc8c(c7)N(c7ccccc7)C7CCCC87)c7nsnc67)[se]5)cc(C(=O)O)nc34)[se]2)/C1=N/S. The number of hydrogen-bond acceptors (Lipinski definition) is 12. The molecule has 0 amide bonds. The van der Waals surface area contributed by atoms with E-state index in [0.717, 1.165) is 68.6 Å². The van der Waals surface area contributed by atoms with Gasteiger partial charge in [0.05, 0.1) is 0 Å². The van der Waals surface area contributed by atoms with Crippen molar-refractivity contribution in [3.8, 4) is 41.1 Å². The van der Waals surface area contributed by atoms with Crippen molar-refractivity contribution in [1.29, 1.82) is 5.41 Å². The van der Waals surface area contributed by atoms with Crippen molar-refractivity contribution in [3.63, 3.8) is 0 Å². The molecule has 3 N–H and O–H groups in total. The van der Waals surface area contributed by atoms with Crippen molar-refractivity contribution in [2.75, 3.05) is 9.80 Å². The van der Waals surface area contributed by atoms with Gasteiger partial charge in [0.25, 0.3) is 0 Å². The van der Waals surface area contributed by atoms with E-state index < -0.39 is 11.9 Å². The number of aromatic nitrogens is 4. The van der Waals surface area contributed by atoms with Gasteiger partial charge in [0.1, 0.15) is 0 Å². The number of para-hydroxylation sites is 2. The van der Waals surface area contributed by atoms with E-state index >= 15 is 0 Å². The zero-order valence-corrected chi connectivity index (χ0v) is 49.9. The number of nitrogens with zero attached hydrogens (tertiary/aromatic N) is 7. The molecule has 5 aromatic heterocycles. The number of carbonyl (C=O) groups is 2. The average molecular weight is 1260 g/mol. The average Bonchev–Trinajstić information content (AvgIpc) is 3.97. The van der Waals surface area contributed by atoms with Gasteiger partial charge in [-0.15, -0.1) is 0 Å². The Bertz CT molecular complexity index is 4740. The molecule has 6 aromatic carbocycles. The predicted molar refractivity (Wildman–Crippen MR) is 342 cm³/mol. The molecule has 0 radical (unpaired) electrons. The van der Waals surface area contributed by atoms with Crippen LogP contribution >= 0.6 is 24.5 Å². The third-order valence-electron chi connectivity index (χ3n) is 17.9. The number of anilines is 4. The predicted octanol–water partition coefficient (Wildman–Crippen LogP) is 15.3. The number of carboxylic acid groups (broad SMARTS) is 2. The Labute approximate surface area is 504 Å². The molecule has 11 aromatic rings. The van der Waals surface area contributed by atoms with Gasteiger partial charge in [-0.2, -0.15) is 0 Å². The Morgan fingerprint density at radius 1 is 0.536 bits per heavy atom. The Morgan fingerprint density at radius 2 is 1.02 bits per heavy atom. The van der Waals surface area contributed by atoms with Crippen molar-refractivity contribution < 1.29 is 19.8 Å². The molecule has 408 valence electrons. The van der Waals surface area contributed by atoms with E-state index in [0.29, 0.717) is 62.6 Å². The summed E-state index contributed by atoms with van der Waals surface area (Å²) in [6.07, 6.45) is 11.1. The molecular weight excluding hydrogens is 1210 g/mol. The van der Waals surface area contributed by atoms with Gasteiger partial charge in [-0.05, 0) is 0 Å². The summed E-state index contributed by atoms with van der Waals surface area (Å²) < 4.78 is 18.1. The van der Waals surface area contributed by atoms with Crippen LogP contribution in [0.5, 0.6) is 0 Å². The zero-order chi connectivity index (χ0) is 56.5. The molecule has 16 rings (SSSR count). The number of benzene rings is 6. The van der Waals surface area contributed by atoms with Gasteiger partial charge in [0.15, 0.2) is 0 Å². The molecule has 84 heavy (non-hydrogen) atoms. The summed E-state index contributed by atoms with van der Waals surface area (Å²) in [4.78, 5) is 40.4. The van der Waals surface area contributed by atoms with Gasteiger partial charge >= 0.3 is 496 Å². The summed E-state index contributed by atoms with van der Waals surface area (Å²) in [5.41, 5.74) is 17.3. The van der Waals surface area contributed by atoms with E-state index in [4.69, 9.17) is 18.7 Å². The number of carboxylic acids is 2. The Hall–Kier alpha value is -8.33. The van der Waals surface area contributed by atoms with Crippen molar-refractivity contribution >= 4 is 144 Å². The molecule has 0 saturated heterocycles. The van der Waals surface area contributed by atoms with E-state index in [9.17, 15) is 25.2 Å². The monoisotopic (exact) mass is 1260 g/mol. The quantitative estimate of drug-likeness (QED) is 0.0448. The zero-order valence-electron chi connectivity index (χ0n) is 44.7. The summed E-state index contributed by atoms with van der Waals surface area (Å²) in [6.45, 7) is 0. The second-order valence-electron chi connectivity index (χ2n) is 22.2. The summed E-state index contributed by atoms with van der Waals surface area (Å²) in [7, 11) is 0. The first-order chi connectivity index (χ1) is 41.2. The summed E-state index contributed by atoms with van der Waals surface area (Å²) >= 11 is 4.99. The molecule has 16 heteroatoms. The van der Waals surface area contributed by atoms with Crippen LogP contribution in [0, 0.1) is 5.41 Å². The van der Waals surface area contributed by atoms with Crippen LogP contribution in [-0.2, 0) is 0 Å². The molecule has 2 aliphatic heterocycles. The van der Waals surface area contributed by atoms with Gasteiger partial charge < -0.3 is 0 Å². The maximum atomic E-state index is 13.0. The number of aromatic carboxylic acids is 2. The van der Waals surface area contributed by atoms with Gasteiger partial charge in [0.2, 0.25) is 0 Å². The summed E-state index contributed by atoms with van der Waals surface area (Å²) in [6, 6.07) is 55.3. The van der Waals surface area contributed by atoms with Crippen molar-refractivity contribution in [1.82, 2.24) is 18.7 Å².